The number of carbonyl (C=O) groups excluding carboxylic acids is 1. The second kappa shape index (κ2) is 5.24. The third-order valence-corrected chi connectivity index (χ3v) is 5.04. The second-order valence-electron chi connectivity index (χ2n) is 4.58. The molecule has 1 N–H and O–H groups in total. The number of aromatic nitrogens is 1. The van der Waals surface area contributed by atoms with Crippen LogP contribution in [0.5, 0.6) is 0 Å². The first-order valence-electron chi connectivity index (χ1n) is 5.23. The molecule has 1 aromatic heterocycles. The minimum atomic E-state index is -3.24. The van der Waals surface area contributed by atoms with Crippen LogP contribution in [-0.4, -0.2) is 36.9 Å². The summed E-state index contributed by atoms with van der Waals surface area (Å²) in [6, 6.07) is 3.02. The van der Waals surface area contributed by atoms with Crippen LogP contribution in [0.2, 0.25) is 5.15 Å². The number of carbonyl (C=O) groups is 1. The van der Waals surface area contributed by atoms with E-state index in [9.17, 15) is 13.2 Å². The number of nitrogens with one attached hydrogen (secondary N) is 1. The number of pyridine rings is 1. The van der Waals surface area contributed by atoms with E-state index >= 15 is 0 Å². The van der Waals surface area contributed by atoms with Gasteiger partial charge in [-0.2, -0.15) is 0 Å². The Labute approximate surface area is 111 Å². The molecule has 0 radical (unpaired) electrons. The average molecular weight is 291 g/mol. The smallest absolute Gasteiger partial charge is 0.252 e. The standard InChI is InChI=1S/C11H15ClN2O3S/c1-11(2,18(3,16)17)7-14-10(15)8-4-5-9(12)13-6-8/h4-6H,7H2,1-3H3,(H,14,15). The van der Waals surface area contributed by atoms with Gasteiger partial charge in [-0.1, -0.05) is 11.6 Å². The molecule has 0 aliphatic carbocycles. The van der Waals surface area contributed by atoms with Crippen LogP contribution in [0.3, 0.4) is 0 Å². The van der Waals surface area contributed by atoms with Crippen molar-refractivity contribution < 1.29 is 13.2 Å². The quantitative estimate of drug-likeness (QED) is 0.848. The van der Waals surface area contributed by atoms with E-state index in [0.29, 0.717) is 10.7 Å². The molecule has 0 saturated carbocycles. The largest absolute Gasteiger partial charge is 0.350 e. The highest BCUT2D eigenvalue weighted by Gasteiger charge is 2.30. The monoisotopic (exact) mass is 290 g/mol. The van der Waals surface area contributed by atoms with Gasteiger partial charge in [0.25, 0.3) is 5.91 Å². The van der Waals surface area contributed by atoms with E-state index < -0.39 is 14.6 Å². The van der Waals surface area contributed by atoms with E-state index in [2.05, 4.69) is 10.3 Å². The third-order valence-electron chi connectivity index (χ3n) is 2.67. The van der Waals surface area contributed by atoms with E-state index in [1.807, 2.05) is 0 Å². The van der Waals surface area contributed by atoms with Crippen molar-refractivity contribution in [3.05, 3.63) is 29.0 Å². The summed E-state index contributed by atoms with van der Waals surface area (Å²) in [7, 11) is -3.24. The summed E-state index contributed by atoms with van der Waals surface area (Å²) in [5.41, 5.74) is 0.337. The van der Waals surface area contributed by atoms with Gasteiger partial charge in [0.2, 0.25) is 0 Å². The number of amides is 1. The maximum atomic E-state index is 11.7. The Morgan fingerprint density at radius 2 is 2.06 bits per heavy atom. The maximum absolute atomic E-state index is 11.7. The average Bonchev–Trinajstić information content (AvgIpc) is 2.25. The van der Waals surface area contributed by atoms with Crippen molar-refractivity contribution in [3.8, 4) is 0 Å². The Morgan fingerprint density at radius 1 is 1.44 bits per heavy atom. The molecule has 0 atom stereocenters. The zero-order chi connectivity index (χ0) is 14.0. The van der Waals surface area contributed by atoms with Gasteiger partial charge in [-0.3, -0.25) is 4.79 Å². The van der Waals surface area contributed by atoms with Crippen LogP contribution in [0.1, 0.15) is 24.2 Å². The molecule has 0 spiro atoms. The van der Waals surface area contributed by atoms with E-state index in [-0.39, 0.29) is 12.5 Å². The number of halogens is 1. The minimum Gasteiger partial charge on any atom is -0.350 e. The molecule has 0 aliphatic rings. The van der Waals surface area contributed by atoms with E-state index in [4.69, 9.17) is 11.6 Å². The predicted molar refractivity (Wildman–Crippen MR) is 70.5 cm³/mol. The van der Waals surface area contributed by atoms with Crippen molar-refractivity contribution in [2.45, 2.75) is 18.6 Å². The number of sulfone groups is 1. The first-order chi connectivity index (χ1) is 8.13. The maximum Gasteiger partial charge on any atom is 0.252 e. The Bertz CT molecular complexity index is 538. The fourth-order valence-corrected chi connectivity index (χ4v) is 1.48. The van der Waals surface area contributed by atoms with Crippen molar-refractivity contribution >= 4 is 27.3 Å². The summed E-state index contributed by atoms with van der Waals surface area (Å²) in [5.74, 6) is -0.379. The minimum absolute atomic E-state index is 0.0350. The molecule has 5 nitrogen and oxygen atoms in total. The molecule has 0 bridgehead atoms. The van der Waals surface area contributed by atoms with Crippen LogP contribution in [0.15, 0.2) is 18.3 Å². The molecule has 1 aromatic rings. The molecule has 18 heavy (non-hydrogen) atoms. The van der Waals surface area contributed by atoms with Gasteiger partial charge in [-0.25, -0.2) is 13.4 Å². The molecule has 1 heterocycles. The fraction of sp³-hybridized carbons (Fsp3) is 0.455. The van der Waals surface area contributed by atoms with Gasteiger partial charge in [0.15, 0.2) is 9.84 Å². The lowest BCUT2D eigenvalue weighted by atomic mass is 10.2. The Balaban J connectivity index is 2.70. The molecular weight excluding hydrogens is 276 g/mol. The fourth-order valence-electron chi connectivity index (χ4n) is 1.04. The zero-order valence-electron chi connectivity index (χ0n) is 10.4. The van der Waals surface area contributed by atoms with Gasteiger partial charge >= 0.3 is 0 Å². The van der Waals surface area contributed by atoms with E-state index in [0.717, 1.165) is 6.26 Å². The highest BCUT2D eigenvalue weighted by molar-refractivity contribution is 7.92. The molecule has 1 amide bonds. The van der Waals surface area contributed by atoms with Gasteiger partial charge in [0.05, 0.1) is 10.3 Å². The second-order valence-corrected chi connectivity index (χ2v) is 7.62. The summed E-state index contributed by atoms with van der Waals surface area (Å²) in [5, 5.41) is 2.86. The van der Waals surface area contributed by atoms with Crippen LogP contribution < -0.4 is 5.32 Å². The van der Waals surface area contributed by atoms with E-state index in [1.54, 1.807) is 13.8 Å². The highest BCUT2D eigenvalue weighted by Crippen LogP contribution is 2.13. The molecule has 0 aromatic carbocycles. The molecule has 0 unspecified atom stereocenters. The number of hydrogen-bond acceptors (Lipinski definition) is 4. The number of nitrogens with zero attached hydrogens (tertiary/aromatic N) is 1. The number of hydrogen-bond donors (Lipinski definition) is 1. The first-order valence-corrected chi connectivity index (χ1v) is 7.50. The Morgan fingerprint density at radius 3 is 2.50 bits per heavy atom. The van der Waals surface area contributed by atoms with Gasteiger partial charge in [-0.15, -0.1) is 0 Å². The van der Waals surface area contributed by atoms with Crippen molar-refractivity contribution in [1.82, 2.24) is 10.3 Å². The molecule has 0 fully saturated rings. The summed E-state index contributed by atoms with van der Waals surface area (Å²) >= 11 is 5.60. The van der Waals surface area contributed by atoms with Crippen molar-refractivity contribution in [1.29, 1.82) is 0 Å². The highest BCUT2D eigenvalue weighted by atomic mass is 35.5. The molecule has 0 aliphatic heterocycles. The van der Waals surface area contributed by atoms with Gasteiger partial charge in [0.1, 0.15) is 5.15 Å². The van der Waals surface area contributed by atoms with Crippen molar-refractivity contribution in [3.63, 3.8) is 0 Å². The van der Waals surface area contributed by atoms with Crippen LogP contribution in [0.4, 0.5) is 0 Å². The Hall–Kier alpha value is -1.14. The van der Waals surface area contributed by atoms with Crippen molar-refractivity contribution in [2.24, 2.45) is 0 Å². The lowest BCUT2D eigenvalue weighted by Gasteiger charge is -2.22. The topological polar surface area (TPSA) is 76.1 Å². The summed E-state index contributed by atoms with van der Waals surface area (Å²) in [4.78, 5) is 15.5. The molecule has 100 valence electrons. The van der Waals surface area contributed by atoms with Gasteiger partial charge < -0.3 is 5.32 Å². The zero-order valence-corrected chi connectivity index (χ0v) is 12.0. The first kappa shape index (κ1) is 14.9. The predicted octanol–water partition coefficient (Wildman–Crippen LogP) is 1.29. The lowest BCUT2D eigenvalue weighted by molar-refractivity contribution is 0.0950. The molecular formula is C11H15ClN2O3S. The van der Waals surface area contributed by atoms with Gasteiger partial charge in [0, 0.05) is 19.0 Å². The summed E-state index contributed by atoms with van der Waals surface area (Å²) in [6.45, 7) is 3.15. The normalized spacial score (nSPS) is 12.2. The number of rotatable bonds is 4. The summed E-state index contributed by atoms with van der Waals surface area (Å²) in [6.07, 6.45) is 2.48. The van der Waals surface area contributed by atoms with E-state index in [1.165, 1.54) is 18.3 Å². The van der Waals surface area contributed by atoms with Crippen LogP contribution in [0, 0.1) is 0 Å². The van der Waals surface area contributed by atoms with Crippen LogP contribution >= 0.6 is 11.6 Å². The molecule has 1 rings (SSSR count). The van der Waals surface area contributed by atoms with Gasteiger partial charge in [-0.05, 0) is 26.0 Å². The SMILES string of the molecule is CC(C)(CNC(=O)c1ccc(Cl)nc1)S(C)(=O)=O. The molecule has 7 heteroatoms. The van der Waals surface area contributed by atoms with Crippen molar-refractivity contribution in [2.75, 3.05) is 12.8 Å². The van der Waals surface area contributed by atoms with Crippen LogP contribution in [-0.2, 0) is 9.84 Å². The third kappa shape index (κ3) is 3.68. The molecule has 0 saturated heterocycles. The lowest BCUT2D eigenvalue weighted by Crippen LogP contribution is -2.43. The Kier molecular flexibility index (Phi) is 4.34. The summed E-state index contributed by atoms with van der Waals surface area (Å²) < 4.78 is 21.9. The van der Waals surface area contributed by atoms with Crippen LogP contribution in [0.25, 0.3) is 0 Å².